The Bertz CT molecular complexity index is 553. The van der Waals surface area contributed by atoms with E-state index in [0.717, 1.165) is 17.3 Å². The Kier molecular flexibility index (Phi) is 2.26. The first-order chi connectivity index (χ1) is 7.26. The summed E-state index contributed by atoms with van der Waals surface area (Å²) in [6, 6.07) is 8.00. The molecular weight excluding hydrogens is 186 g/mol. The first-order valence-electron chi connectivity index (χ1n) is 4.83. The Morgan fingerprint density at radius 1 is 1.47 bits per heavy atom. The van der Waals surface area contributed by atoms with Crippen LogP contribution in [0.5, 0.6) is 0 Å². The molecule has 0 bridgehead atoms. The molecule has 0 saturated heterocycles. The SMILES string of the molecule is CCc1ccc2ncc(C#N)c(N)c2c1. The summed E-state index contributed by atoms with van der Waals surface area (Å²) in [5.41, 5.74) is 8.89. The minimum atomic E-state index is 0.441. The van der Waals surface area contributed by atoms with E-state index in [0.29, 0.717) is 11.3 Å². The zero-order valence-corrected chi connectivity index (χ0v) is 8.49. The largest absolute Gasteiger partial charge is 0.397 e. The Labute approximate surface area is 88.2 Å². The smallest absolute Gasteiger partial charge is 0.103 e. The van der Waals surface area contributed by atoms with Gasteiger partial charge in [0, 0.05) is 11.6 Å². The fraction of sp³-hybridized carbons (Fsp3) is 0.167. The Hall–Kier alpha value is -2.08. The van der Waals surface area contributed by atoms with Crippen molar-refractivity contribution in [1.82, 2.24) is 4.98 Å². The molecule has 2 N–H and O–H groups in total. The zero-order valence-electron chi connectivity index (χ0n) is 8.49. The minimum absolute atomic E-state index is 0.441. The fourth-order valence-electron chi connectivity index (χ4n) is 1.57. The van der Waals surface area contributed by atoms with E-state index in [2.05, 4.69) is 11.9 Å². The van der Waals surface area contributed by atoms with Gasteiger partial charge in [0.15, 0.2) is 0 Å². The lowest BCUT2D eigenvalue weighted by molar-refractivity contribution is 1.14. The molecule has 0 aliphatic carbocycles. The van der Waals surface area contributed by atoms with E-state index in [1.54, 1.807) is 0 Å². The van der Waals surface area contributed by atoms with Gasteiger partial charge in [0.1, 0.15) is 6.07 Å². The topological polar surface area (TPSA) is 62.7 Å². The van der Waals surface area contributed by atoms with Gasteiger partial charge in [0.2, 0.25) is 0 Å². The number of hydrogen-bond donors (Lipinski definition) is 1. The van der Waals surface area contributed by atoms with Crippen LogP contribution in [0.3, 0.4) is 0 Å². The molecule has 3 heteroatoms. The second-order valence-corrected chi connectivity index (χ2v) is 3.40. The number of nitrogens with zero attached hydrogens (tertiary/aromatic N) is 2. The summed E-state index contributed by atoms with van der Waals surface area (Å²) >= 11 is 0. The molecule has 0 aliphatic heterocycles. The van der Waals surface area contributed by atoms with Gasteiger partial charge >= 0.3 is 0 Å². The van der Waals surface area contributed by atoms with Crippen LogP contribution < -0.4 is 5.73 Å². The molecule has 0 saturated carbocycles. The highest BCUT2D eigenvalue weighted by Crippen LogP contribution is 2.23. The van der Waals surface area contributed by atoms with Gasteiger partial charge in [-0.05, 0) is 24.1 Å². The molecule has 0 atom stereocenters. The average Bonchev–Trinajstić information content (AvgIpc) is 2.29. The van der Waals surface area contributed by atoms with Crippen molar-refractivity contribution in [3.63, 3.8) is 0 Å². The van der Waals surface area contributed by atoms with E-state index in [1.165, 1.54) is 11.8 Å². The van der Waals surface area contributed by atoms with Gasteiger partial charge in [0.25, 0.3) is 0 Å². The summed E-state index contributed by atoms with van der Waals surface area (Å²) in [5, 5.41) is 9.70. The van der Waals surface area contributed by atoms with Crippen molar-refractivity contribution in [2.45, 2.75) is 13.3 Å². The van der Waals surface area contributed by atoms with Crippen LogP contribution in [-0.2, 0) is 6.42 Å². The minimum Gasteiger partial charge on any atom is -0.397 e. The van der Waals surface area contributed by atoms with Crippen LogP contribution in [0.15, 0.2) is 24.4 Å². The molecule has 0 spiro atoms. The summed E-state index contributed by atoms with van der Waals surface area (Å²) in [6.07, 6.45) is 2.47. The van der Waals surface area contributed by atoms with Gasteiger partial charge in [-0.3, -0.25) is 4.98 Å². The number of aromatic nitrogens is 1. The molecule has 1 heterocycles. The summed E-state index contributed by atoms with van der Waals surface area (Å²) in [6.45, 7) is 2.08. The van der Waals surface area contributed by atoms with Crippen LogP contribution in [0, 0.1) is 11.3 Å². The highest BCUT2D eigenvalue weighted by atomic mass is 14.7. The number of nitrogen functional groups attached to an aromatic ring is 1. The molecule has 15 heavy (non-hydrogen) atoms. The molecule has 74 valence electrons. The maximum absolute atomic E-state index is 8.83. The van der Waals surface area contributed by atoms with Crippen molar-refractivity contribution in [2.24, 2.45) is 0 Å². The van der Waals surface area contributed by atoms with Gasteiger partial charge in [0.05, 0.1) is 16.8 Å². The van der Waals surface area contributed by atoms with Crippen molar-refractivity contribution in [3.05, 3.63) is 35.5 Å². The number of benzene rings is 1. The van der Waals surface area contributed by atoms with Crippen molar-refractivity contribution in [1.29, 1.82) is 5.26 Å². The van der Waals surface area contributed by atoms with E-state index in [-0.39, 0.29) is 0 Å². The summed E-state index contributed by atoms with van der Waals surface area (Å²) in [7, 11) is 0. The van der Waals surface area contributed by atoms with E-state index in [4.69, 9.17) is 11.0 Å². The first kappa shape index (κ1) is 9.47. The van der Waals surface area contributed by atoms with Crippen molar-refractivity contribution in [2.75, 3.05) is 5.73 Å². The monoisotopic (exact) mass is 197 g/mol. The van der Waals surface area contributed by atoms with Gasteiger partial charge in [-0.25, -0.2) is 0 Å². The quantitative estimate of drug-likeness (QED) is 0.762. The third kappa shape index (κ3) is 1.50. The Morgan fingerprint density at radius 3 is 2.93 bits per heavy atom. The lowest BCUT2D eigenvalue weighted by Crippen LogP contribution is -1.94. The van der Waals surface area contributed by atoms with Crippen LogP contribution in [0.2, 0.25) is 0 Å². The second kappa shape index (κ2) is 3.58. The number of pyridine rings is 1. The molecular formula is C12H11N3. The predicted molar refractivity (Wildman–Crippen MR) is 60.2 cm³/mol. The third-order valence-electron chi connectivity index (χ3n) is 2.50. The molecule has 3 nitrogen and oxygen atoms in total. The second-order valence-electron chi connectivity index (χ2n) is 3.40. The van der Waals surface area contributed by atoms with E-state index in [1.807, 2.05) is 24.3 Å². The van der Waals surface area contributed by atoms with E-state index < -0.39 is 0 Å². The summed E-state index contributed by atoms with van der Waals surface area (Å²) in [4.78, 5) is 4.19. The molecule has 1 aromatic heterocycles. The van der Waals surface area contributed by atoms with Gasteiger partial charge < -0.3 is 5.73 Å². The van der Waals surface area contributed by atoms with Gasteiger partial charge in [-0.15, -0.1) is 0 Å². The Balaban J connectivity index is 2.79. The lowest BCUT2D eigenvalue weighted by atomic mass is 10.1. The number of hydrogen-bond acceptors (Lipinski definition) is 3. The highest BCUT2D eigenvalue weighted by Gasteiger charge is 2.05. The lowest BCUT2D eigenvalue weighted by Gasteiger charge is -2.04. The molecule has 0 fully saturated rings. The number of fused-ring (bicyclic) bond motifs is 1. The Morgan fingerprint density at radius 2 is 2.27 bits per heavy atom. The predicted octanol–water partition coefficient (Wildman–Crippen LogP) is 2.25. The van der Waals surface area contributed by atoms with E-state index in [9.17, 15) is 0 Å². The molecule has 0 amide bonds. The first-order valence-corrected chi connectivity index (χ1v) is 4.83. The average molecular weight is 197 g/mol. The fourth-order valence-corrected chi connectivity index (χ4v) is 1.57. The molecule has 0 unspecified atom stereocenters. The maximum atomic E-state index is 8.83. The van der Waals surface area contributed by atoms with Crippen LogP contribution in [-0.4, -0.2) is 4.98 Å². The molecule has 1 aromatic carbocycles. The standard InChI is InChI=1S/C12H11N3/c1-2-8-3-4-11-10(5-8)12(14)9(6-13)7-15-11/h3-5,7H,2H2,1H3,(H2,14,15). The molecule has 2 aromatic rings. The van der Waals surface area contributed by atoms with Gasteiger partial charge in [-0.2, -0.15) is 5.26 Å². The van der Waals surface area contributed by atoms with Crippen LogP contribution >= 0.6 is 0 Å². The van der Waals surface area contributed by atoms with Crippen LogP contribution in [0.1, 0.15) is 18.1 Å². The van der Waals surface area contributed by atoms with Crippen molar-refractivity contribution < 1.29 is 0 Å². The van der Waals surface area contributed by atoms with E-state index >= 15 is 0 Å². The number of aryl methyl sites for hydroxylation is 1. The highest BCUT2D eigenvalue weighted by molar-refractivity contribution is 5.93. The van der Waals surface area contributed by atoms with Gasteiger partial charge in [-0.1, -0.05) is 13.0 Å². The zero-order chi connectivity index (χ0) is 10.8. The normalized spacial score (nSPS) is 10.1. The number of nitriles is 1. The number of nitrogens with two attached hydrogens (primary N) is 1. The molecule has 2 rings (SSSR count). The molecule has 0 aliphatic rings. The number of anilines is 1. The van der Waals surface area contributed by atoms with Crippen LogP contribution in [0.25, 0.3) is 10.9 Å². The number of rotatable bonds is 1. The third-order valence-corrected chi connectivity index (χ3v) is 2.50. The van der Waals surface area contributed by atoms with Crippen LogP contribution in [0.4, 0.5) is 5.69 Å². The molecule has 0 radical (unpaired) electrons. The van der Waals surface area contributed by atoms with Crippen molar-refractivity contribution >= 4 is 16.6 Å². The van der Waals surface area contributed by atoms with Crippen molar-refractivity contribution in [3.8, 4) is 6.07 Å². The summed E-state index contributed by atoms with van der Waals surface area (Å²) < 4.78 is 0. The maximum Gasteiger partial charge on any atom is 0.103 e. The summed E-state index contributed by atoms with van der Waals surface area (Å²) in [5.74, 6) is 0.